The highest BCUT2D eigenvalue weighted by Crippen LogP contribution is 2.20. The van der Waals surface area contributed by atoms with Gasteiger partial charge in [-0.1, -0.05) is 30.3 Å². The van der Waals surface area contributed by atoms with Crippen molar-refractivity contribution >= 4 is 22.8 Å². The van der Waals surface area contributed by atoms with Crippen molar-refractivity contribution in [1.29, 1.82) is 0 Å². The Balaban J connectivity index is 1.72. The second-order valence-corrected chi connectivity index (χ2v) is 5.41. The molecule has 3 rings (SSSR count). The number of hydrogen-bond acceptors (Lipinski definition) is 4. The Bertz CT molecular complexity index is 850. The van der Waals surface area contributed by atoms with Crippen molar-refractivity contribution in [3.8, 4) is 0 Å². The van der Waals surface area contributed by atoms with Crippen molar-refractivity contribution in [3.05, 3.63) is 71.5 Å². The second kappa shape index (κ2) is 6.55. The maximum atomic E-state index is 12.3. The molecule has 0 saturated heterocycles. The van der Waals surface area contributed by atoms with Crippen molar-refractivity contribution in [2.24, 2.45) is 0 Å². The van der Waals surface area contributed by atoms with Gasteiger partial charge in [0.1, 0.15) is 5.58 Å². The first-order chi connectivity index (χ1) is 11.6. The van der Waals surface area contributed by atoms with Crippen LogP contribution in [0.1, 0.15) is 39.4 Å². The quantitative estimate of drug-likeness (QED) is 0.508. The summed E-state index contributed by atoms with van der Waals surface area (Å²) < 4.78 is 5.54. The summed E-state index contributed by atoms with van der Waals surface area (Å²) in [5.74, 6) is -0.643. The smallest absolute Gasteiger partial charge is 0.287 e. The zero-order valence-electron chi connectivity index (χ0n) is 12.9. The molecule has 0 fully saturated rings. The van der Waals surface area contributed by atoms with E-state index in [-0.39, 0.29) is 17.7 Å². The van der Waals surface area contributed by atoms with Gasteiger partial charge in [-0.25, -0.2) is 5.48 Å². The first kappa shape index (κ1) is 15.8. The zero-order valence-corrected chi connectivity index (χ0v) is 12.9. The summed E-state index contributed by atoms with van der Waals surface area (Å²) in [6.07, 6.45) is 0. The van der Waals surface area contributed by atoms with E-state index in [0.29, 0.717) is 11.1 Å². The molecule has 3 N–H and O–H groups in total. The molecule has 0 saturated carbocycles. The summed E-state index contributed by atoms with van der Waals surface area (Å²) in [7, 11) is 0. The topological polar surface area (TPSA) is 91.6 Å². The van der Waals surface area contributed by atoms with Crippen molar-refractivity contribution in [2.45, 2.75) is 13.0 Å². The molecule has 6 nitrogen and oxygen atoms in total. The predicted octanol–water partition coefficient (Wildman–Crippen LogP) is 3.04. The maximum absolute atomic E-state index is 12.3. The third-order valence-electron chi connectivity index (χ3n) is 3.77. The molecule has 0 bridgehead atoms. The maximum Gasteiger partial charge on any atom is 0.287 e. The summed E-state index contributed by atoms with van der Waals surface area (Å²) in [5, 5.41) is 12.3. The van der Waals surface area contributed by atoms with Crippen LogP contribution >= 0.6 is 0 Å². The first-order valence-electron chi connectivity index (χ1n) is 7.42. The van der Waals surface area contributed by atoms with Gasteiger partial charge < -0.3 is 9.73 Å². The van der Waals surface area contributed by atoms with Crippen LogP contribution in [0.4, 0.5) is 0 Å². The monoisotopic (exact) mass is 324 g/mol. The lowest BCUT2D eigenvalue weighted by Crippen LogP contribution is -2.26. The van der Waals surface area contributed by atoms with E-state index >= 15 is 0 Å². The molecule has 2 aromatic carbocycles. The summed E-state index contributed by atoms with van der Waals surface area (Å²) in [6.45, 7) is 1.83. The van der Waals surface area contributed by atoms with Gasteiger partial charge in [0, 0.05) is 10.9 Å². The van der Waals surface area contributed by atoms with Crippen LogP contribution in [-0.2, 0) is 0 Å². The number of fused-ring (bicyclic) bond motifs is 1. The Labute approximate surface area is 138 Å². The van der Waals surface area contributed by atoms with Crippen molar-refractivity contribution in [1.82, 2.24) is 10.8 Å². The van der Waals surface area contributed by atoms with Crippen molar-refractivity contribution in [2.75, 3.05) is 0 Å². The predicted molar refractivity (Wildman–Crippen MR) is 87.8 cm³/mol. The molecule has 6 heteroatoms. The molecule has 1 heterocycles. The minimum atomic E-state index is -0.583. The van der Waals surface area contributed by atoms with E-state index in [9.17, 15) is 9.59 Å². The Morgan fingerprint density at radius 1 is 1.04 bits per heavy atom. The molecule has 0 radical (unpaired) electrons. The van der Waals surface area contributed by atoms with Crippen molar-refractivity contribution in [3.63, 3.8) is 0 Å². The molecule has 0 aliphatic carbocycles. The van der Waals surface area contributed by atoms with Gasteiger partial charge >= 0.3 is 0 Å². The number of furan rings is 1. The van der Waals surface area contributed by atoms with Crippen LogP contribution in [0.2, 0.25) is 0 Å². The largest absolute Gasteiger partial charge is 0.451 e. The SMILES string of the molecule is CC(NC(=O)c1cc2ccccc2o1)c1ccc(C(=O)NO)cc1. The first-order valence-corrected chi connectivity index (χ1v) is 7.42. The molecular weight excluding hydrogens is 308 g/mol. The summed E-state index contributed by atoms with van der Waals surface area (Å²) >= 11 is 0. The van der Waals surface area contributed by atoms with Gasteiger partial charge in [0.15, 0.2) is 5.76 Å². The van der Waals surface area contributed by atoms with Gasteiger partial charge in [0.25, 0.3) is 11.8 Å². The number of nitrogens with one attached hydrogen (secondary N) is 2. The minimum absolute atomic E-state index is 0.249. The van der Waals surface area contributed by atoms with Crippen LogP contribution in [0.3, 0.4) is 0 Å². The Kier molecular flexibility index (Phi) is 4.31. The van der Waals surface area contributed by atoms with Crippen molar-refractivity contribution < 1.29 is 19.2 Å². The molecule has 1 unspecified atom stereocenters. The highest BCUT2D eigenvalue weighted by Gasteiger charge is 2.16. The molecule has 1 atom stereocenters. The van der Waals surface area contributed by atoms with Gasteiger partial charge in [-0.15, -0.1) is 0 Å². The van der Waals surface area contributed by atoms with Gasteiger partial charge in [0.2, 0.25) is 0 Å². The lowest BCUT2D eigenvalue weighted by atomic mass is 10.1. The normalized spacial score (nSPS) is 11.9. The van der Waals surface area contributed by atoms with E-state index in [4.69, 9.17) is 9.62 Å². The van der Waals surface area contributed by atoms with Gasteiger partial charge in [0.05, 0.1) is 6.04 Å². The Hall–Kier alpha value is -3.12. The molecule has 2 amide bonds. The molecular formula is C18H16N2O4. The fraction of sp³-hybridized carbons (Fsp3) is 0.111. The van der Waals surface area contributed by atoms with Gasteiger partial charge in [-0.3, -0.25) is 14.8 Å². The number of carbonyl (C=O) groups is 2. The summed E-state index contributed by atoms with van der Waals surface area (Å²) in [5.41, 5.74) is 3.40. The van der Waals surface area contributed by atoms with E-state index < -0.39 is 5.91 Å². The molecule has 0 aliphatic heterocycles. The molecule has 24 heavy (non-hydrogen) atoms. The highest BCUT2D eigenvalue weighted by molar-refractivity contribution is 5.96. The highest BCUT2D eigenvalue weighted by atomic mass is 16.5. The minimum Gasteiger partial charge on any atom is -0.451 e. The average Bonchev–Trinajstić information content (AvgIpc) is 3.05. The molecule has 122 valence electrons. The zero-order chi connectivity index (χ0) is 17.1. The average molecular weight is 324 g/mol. The Morgan fingerprint density at radius 3 is 2.42 bits per heavy atom. The molecule has 3 aromatic rings. The van der Waals surface area contributed by atoms with Gasteiger partial charge in [-0.2, -0.15) is 0 Å². The standard InChI is InChI=1S/C18H16N2O4/c1-11(12-6-8-13(9-7-12)17(21)20-23)19-18(22)16-10-14-4-2-3-5-15(14)24-16/h2-11,23H,1H3,(H,19,22)(H,20,21). The van der Waals surface area contributed by atoms with Crippen LogP contribution < -0.4 is 10.8 Å². The van der Waals surface area contributed by atoms with E-state index in [1.54, 1.807) is 41.9 Å². The van der Waals surface area contributed by atoms with E-state index in [1.165, 1.54) is 0 Å². The number of hydroxylamine groups is 1. The number of para-hydroxylation sites is 1. The van der Waals surface area contributed by atoms with Crippen LogP contribution in [-0.4, -0.2) is 17.0 Å². The van der Waals surface area contributed by atoms with Crippen LogP contribution in [0.25, 0.3) is 11.0 Å². The van der Waals surface area contributed by atoms with Crippen LogP contribution in [0.15, 0.2) is 59.0 Å². The fourth-order valence-corrected chi connectivity index (χ4v) is 2.43. The third kappa shape index (κ3) is 3.13. The van der Waals surface area contributed by atoms with E-state index in [0.717, 1.165) is 10.9 Å². The lowest BCUT2D eigenvalue weighted by Gasteiger charge is -2.13. The number of carbonyl (C=O) groups excluding carboxylic acids is 2. The number of benzene rings is 2. The lowest BCUT2D eigenvalue weighted by molar-refractivity contribution is 0.0706. The number of amides is 2. The second-order valence-electron chi connectivity index (χ2n) is 5.41. The van der Waals surface area contributed by atoms with Crippen LogP contribution in [0.5, 0.6) is 0 Å². The van der Waals surface area contributed by atoms with E-state index in [1.807, 2.05) is 25.1 Å². The fourth-order valence-electron chi connectivity index (χ4n) is 2.43. The summed E-state index contributed by atoms with van der Waals surface area (Å²) in [6, 6.07) is 15.4. The number of rotatable bonds is 4. The summed E-state index contributed by atoms with van der Waals surface area (Å²) in [4.78, 5) is 23.6. The third-order valence-corrected chi connectivity index (χ3v) is 3.77. The Morgan fingerprint density at radius 2 is 1.75 bits per heavy atom. The van der Waals surface area contributed by atoms with Gasteiger partial charge in [-0.05, 0) is 36.8 Å². The molecule has 1 aromatic heterocycles. The molecule has 0 spiro atoms. The van der Waals surface area contributed by atoms with E-state index in [2.05, 4.69) is 5.32 Å². The number of hydrogen-bond donors (Lipinski definition) is 3. The molecule has 0 aliphatic rings. The van der Waals surface area contributed by atoms with Crippen LogP contribution in [0, 0.1) is 0 Å².